The lowest BCUT2D eigenvalue weighted by Crippen LogP contribution is -2.42. The van der Waals surface area contributed by atoms with Gasteiger partial charge in [-0.15, -0.1) is 11.3 Å². The van der Waals surface area contributed by atoms with E-state index in [-0.39, 0.29) is 6.04 Å². The van der Waals surface area contributed by atoms with Crippen LogP contribution in [0.5, 0.6) is 0 Å². The average Bonchev–Trinajstić information content (AvgIpc) is 3.02. The number of nitrogens with zero attached hydrogens (tertiary/aromatic N) is 1. The molecule has 0 bridgehead atoms. The summed E-state index contributed by atoms with van der Waals surface area (Å²) in [6.07, 6.45) is 5.48. The molecule has 1 fully saturated rings. The maximum atomic E-state index is 12.1. The first-order valence-corrected chi connectivity index (χ1v) is 8.00. The SMILES string of the molecule is O=C(COC(=O)c1sccc1-n1cccc1)NC(=O)NC1CC1. The molecule has 0 spiro atoms. The van der Waals surface area contributed by atoms with Gasteiger partial charge in [0.2, 0.25) is 0 Å². The van der Waals surface area contributed by atoms with Crippen molar-refractivity contribution in [1.29, 1.82) is 0 Å². The van der Waals surface area contributed by atoms with Gasteiger partial charge in [0.25, 0.3) is 5.91 Å². The van der Waals surface area contributed by atoms with Gasteiger partial charge in [-0.05, 0) is 36.4 Å². The van der Waals surface area contributed by atoms with E-state index in [1.807, 2.05) is 24.5 Å². The van der Waals surface area contributed by atoms with E-state index in [1.165, 1.54) is 11.3 Å². The molecule has 0 saturated heterocycles. The highest BCUT2D eigenvalue weighted by Crippen LogP contribution is 2.22. The van der Waals surface area contributed by atoms with Gasteiger partial charge in [0, 0.05) is 18.4 Å². The second-order valence-electron chi connectivity index (χ2n) is 5.10. The van der Waals surface area contributed by atoms with E-state index in [2.05, 4.69) is 10.6 Å². The van der Waals surface area contributed by atoms with E-state index < -0.39 is 24.5 Å². The first kappa shape index (κ1) is 15.3. The molecule has 2 heterocycles. The summed E-state index contributed by atoms with van der Waals surface area (Å²) in [6.45, 7) is -0.500. The van der Waals surface area contributed by atoms with Crippen molar-refractivity contribution in [2.75, 3.05) is 6.61 Å². The molecule has 3 amide bonds. The molecule has 23 heavy (non-hydrogen) atoms. The molecule has 8 heteroatoms. The summed E-state index contributed by atoms with van der Waals surface area (Å²) in [7, 11) is 0. The Morgan fingerprint density at radius 3 is 2.70 bits per heavy atom. The molecule has 1 aliphatic carbocycles. The molecule has 3 rings (SSSR count). The number of amides is 3. The van der Waals surface area contributed by atoms with Crippen molar-refractivity contribution in [3.8, 4) is 5.69 Å². The number of hydrogen-bond donors (Lipinski definition) is 2. The average molecular weight is 333 g/mol. The number of thiophene rings is 1. The van der Waals surface area contributed by atoms with Crippen molar-refractivity contribution in [1.82, 2.24) is 15.2 Å². The molecule has 2 N–H and O–H groups in total. The van der Waals surface area contributed by atoms with Crippen LogP contribution in [0, 0.1) is 0 Å². The van der Waals surface area contributed by atoms with Gasteiger partial charge in [-0.3, -0.25) is 10.1 Å². The van der Waals surface area contributed by atoms with Crippen LogP contribution in [0.15, 0.2) is 36.0 Å². The molecule has 1 aliphatic rings. The van der Waals surface area contributed by atoms with E-state index in [4.69, 9.17) is 4.74 Å². The molecule has 120 valence electrons. The van der Waals surface area contributed by atoms with Crippen LogP contribution in [-0.2, 0) is 9.53 Å². The van der Waals surface area contributed by atoms with Gasteiger partial charge < -0.3 is 14.6 Å². The van der Waals surface area contributed by atoms with Crippen molar-refractivity contribution in [2.45, 2.75) is 18.9 Å². The van der Waals surface area contributed by atoms with Gasteiger partial charge in [-0.2, -0.15) is 0 Å². The zero-order chi connectivity index (χ0) is 16.2. The maximum Gasteiger partial charge on any atom is 0.350 e. The van der Waals surface area contributed by atoms with E-state index in [0.29, 0.717) is 10.6 Å². The van der Waals surface area contributed by atoms with E-state index in [1.54, 1.807) is 16.0 Å². The van der Waals surface area contributed by atoms with Crippen LogP contribution >= 0.6 is 11.3 Å². The molecule has 0 aromatic carbocycles. The molecule has 2 aromatic heterocycles. The lowest BCUT2D eigenvalue weighted by molar-refractivity contribution is -0.123. The summed E-state index contributed by atoms with van der Waals surface area (Å²) in [6, 6.07) is 5.08. The van der Waals surface area contributed by atoms with Crippen molar-refractivity contribution in [3.05, 3.63) is 40.8 Å². The summed E-state index contributed by atoms with van der Waals surface area (Å²) < 4.78 is 6.76. The maximum absolute atomic E-state index is 12.1. The monoisotopic (exact) mass is 333 g/mol. The van der Waals surface area contributed by atoms with E-state index in [0.717, 1.165) is 12.8 Å². The molecule has 2 aromatic rings. The summed E-state index contributed by atoms with van der Waals surface area (Å²) in [4.78, 5) is 35.5. The minimum atomic E-state index is -0.657. The summed E-state index contributed by atoms with van der Waals surface area (Å²) >= 11 is 1.23. The molecule has 1 saturated carbocycles. The Hall–Kier alpha value is -2.61. The van der Waals surface area contributed by atoms with Crippen LogP contribution in [0.1, 0.15) is 22.5 Å². The van der Waals surface area contributed by atoms with Crippen LogP contribution in [0.2, 0.25) is 0 Å². The minimum Gasteiger partial charge on any atom is -0.451 e. The zero-order valence-corrected chi connectivity index (χ0v) is 13.0. The van der Waals surface area contributed by atoms with Crippen LogP contribution < -0.4 is 10.6 Å². The molecular formula is C15H15N3O4S. The highest BCUT2D eigenvalue weighted by molar-refractivity contribution is 7.12. The van der Waals surface area contributed by atoms with Gasteiger partial charge >= 0.3 is 12.0 Å². The van der Waals surface area contributed by atoms with Crippen molar-refractivity contribution < 1.29 is 19.1 Å². The number of aromatic nitrogens is 1. The summed E-state index contributed by atoms with van der Waals surface area (Å²) in [5.41, 5.74) is 0.692. The third kappa shape index (κ3) is 3.98. The van der Waals surface area contributed by atoms with Crippen LogP contribution in [0.3, 0.4) is 0 Å². The quantitative estimate of drug-likeness (QED) is 0.815. The summed E-state index contributed by atoms with van der Waals surface area (Å²) in [5, 5.41) is 6.51. The normalized spacial score (nSPS) is 13.4. The largest absolute Gasteiger partial charge is 0.451 e. The molecule has 0 aliphatic heterocycles. The number of nitrogens with one attached hydrogen (secondary N) is 2. The Kier molecular flexibility index (Phi) is 4.42. The molecule has 0 atom stereocenters. The smallest absolute Gasteiger partial charge is 0.350 e. The number of rotatable bonds is 5. The van der Waals surface area contributed by atoms with Gasteiger partial charge in [0.15, 0.2) is 6.61 Å². The number of esters is 1. The molecule has 0 radical (unpaired) electrons. The third-order valence-electron chi connectivity index (χ3n) is 3.21. The van der Waals surface area contributed by atoms with E-state index in [9.17, 15) is 14.4 Å². The molecular weight excluding hydrogens is 318 g/mol. The molecule has 0 unspecified atom stereocenters. The highest BCUT2D eigenvalue weighted by Gasteiger charge is 2.24. The first-order valence-electron chi connectivity index (χ1n) is 7.12. The molecule has 7 nitrogen and oxygen atoms in total. The van der Waals surface area contributed by atoms with Crippen molar-refractivity contribution in [2.24, 2.45) is 0 Å². The third-order valence-corrected chi connectivity index (χ3v) is 4.10. The van der Waals surface area contributed by atoms with Gasteiger partial charge in [-0.1, -0.05) is 0 Å². The fourth-order valence-electron chi connectivity index (χ4n) is 1.96. The number of hydrogen-bond acceptors (Lipinski definition) is 5. The second-order valence-corrected chi connectivity index (χ2v) is 6.01. The van der Waals surface area contributed by atoms with Crippen molar-refractivity contribution in [3.63, 3.8) is 0 Å². The topological polar surface area (TPSA) is 89.4 Å². The van der Waals surface area contributed by atoms with Crippen molar-refractivity contribution >= 4 is 29.2 Å². The number of carbonyl (C=O) groups excluding carboxylic acids is 3. The number of imide groups is 1. The predicted molar refractivity (Wildman–Crippen MR) is 83.6 cm³/mol. The fourth-order valence-corrected chi connectivity index (χ4v) is 2.74. The predicted octanol–water partition coefficient (Wildman–Crippen LogP) is 1.68. The van der Waals surface area contributed by atoms with Crippen LogP contribution in [0.25, 0.3) is 5.69 Å². The second kappa shape index (κ2) is 6.66. The minimum absolute atomic E-state index is 0.153. The lowest BCUT2D eigenvalue weighted by Gasteiger charge is -2.07. The van der Waals surface area contributed by atoms with Gasteiger partial charge in [0.1, 0.15) is 4.88 Å². The number of ether oxygens (including phenoxy) is 1. The van der Waals surface area contributed by atoms with E-state index >= 15 is 0 Å². The Bertz CT molecular complexity index is 719. The number of urea groups is 1. The van der Waals surface area contributed by atoms with Crippen LogP contribution in [0.4, 0.5) is 4.79 Å². The van der Waals surface area contributed by atoms with Crippen LogP contribution in [-0.4, -0.2) is 35.1 Å². The Labute approximate surface area is 136 Å². The Balaban J connectivity index is 1.52. The number of carbonyl (C=O) groups is 3. The highest BCUT2D eigenvalue weighted by atomic mass is 32.1. The Morgan fingerprint density at radius 2 is 2.00 bits per heavy atom. The summed E-state index contributed by atoms with van der Waals surface area (Å²) in [5.74, 6) is -1.25. The van der Waals surface area contributed by atoms with Gasteiger partial charge in [0.05, 0.1) is 5.69 Å². The first-order chi connectivity index (χ1) is 11.1. The fraction of sp³-hybridized carbons (Fsp3) is 0.267. The standard InChI is InChI=1S/C15H15N3O4S/c19-12(17-15(21)16-10-3-4-10)9-22-14(20)13-11(5-8-23-13)18-6-1-2-7-18/h1-2,5-8,10H,3-4,9H2,(H2,16,17,19,21). The Morgan fingerprint density at radius 1 is 1.26 bits per heavy atom. The lowest BCUT2D eigenvalue weighted by atomic mass is 10.4. The van der Waals surface area contributed by atoms with Gasteiger partial charge in [-0.25, -0.2) is 9.59 Å². The zero-order valence-electron chi connectivity index (χ0n) is 12.2.